The predicted molar refractivity (Wildman–Crippen MR) is 98.2 cm³/mol. The Labute approximate surface area is 150 Å². The van der Waals surface area contributed by atoms with Crippen molar-refractivity contribution in [3.8, 4) is 0 Å². The van der Waals surface area contributed by atoms with E-state index in [4.69, 9.17) is 4.74 Å². The van der Waals surface area contributed by atoms with E-state index >= 15 is 0 Å². The highest BCUT2D eigenvalue weighted by Crippen LogP contribution is 2.17. The molecule has 26 heavy (non-hydrogen) atoms. The number of pyridine rings is 1. The molecule has 5 rings (SSSR count). The average molecular weight is 346 g/mol. The molecule has 0 amide bonds. The monoisotopic (exact) mass is 346 g/mol. The van der Waals surface area contributed by atoms with Crippen molar-refractivity contribution in [1.82, 2.24) is 24.8 Å². The van der Waals surface area contributed by atoms with Crippen LogP contribution in [0.3, 0.4) is 0 Å². The normalized spacial score (nSPS) is 17.2. The molecule has 0 bridgehead atoms. The van der Waals surface area contributed by atoms with Crippen LogP contribution in [0, 0.1) is 0 Å². The third-order valence-corrected chi connectivity index (χ3v) is 4.64. The summed E-state index contributed by atoms with van der Waals surface area (Å²) in [6.07, 6.45) is 3.47. The molecule has 1 aliphatic rings. The van der Waals surface area contributed by atoms with Gasteiger partial charge in [0, 0.05) is 24.6 Å². The first kappa shape index (κ1) is 15.2. The fourth-order valence-electron chi connectivity index (χ4n) is 3.30. The standard InChI is InChI=1S/C19H18N6O/c1-2-14-10-13(3-4-16(14)20-8-1)11-19-23-22-18-6-5-17(24-25(18)19)21-15-7-9-26-12-15/h1-6,8,10,15H,7,9,11-12H2,(H,21,24). The van der Waals surface area contributed by atoms with Crippen molar-refractivity contribution in [2.45, 2.75) is 18.9 Å². The average Bonchev–Trinajstić information content (AvgIpc) is 3.32. The van der Waals surface area contributed by atoms with E-state index < -0.39 is 0 Å². The molecule has 0 radical (unpaired) electrons. The van der Waals surface area contributed by atoms with E-state index in [0.29, 0.717) is 12.5 Å². The highest BCUT2D eigenvalue weighted by molar-refractivity contribution is 5.78. The summed E-state index contributed by atoms with van der Waals surface area (Å²) in [6.45, 7) is 1.52. The van der Waals surface area contributed by atoms with E-state index in [-0.39, 0.29) is 0 Å². The lowest BCUT2D eigenvalue weighted by atomic mass is 10.1. The Kier molecular flexibility index (Phi) is 3.71. The first-order chi connectivity index (χ1) is 12.8. The van der Waals surface area contributed by atoms with E-state index in [0.717, 1.165) is 53.4 Å². The van der Waals surface area contributed by atoms with Crippen molar-refractivity contribution < 1.29 is 4.74 Å². The van der Waals surface area contributed by atoms with Crippen molar-refractivity contribution in [1.29, 1.82) is 0 Å². The molecule has 1 atom stereocenters. The maximum atomic E-state index is 5.41. The molecule has 1 unspecified atom stereocenters. The number of hydrogen-bond donors (Lipinski definition) is 1. The number of hydrogen-bond acceptors (Lipinski definition) is 6. The summed E-state index contributed by atoms with van der Waals surface area (Å²) in [6, 6.07) is 14.5. The van der Waals surface area contributed by atoms with E-state index in [1.165, 1.54) is 0 Å². The minimum Gasteiger partial charge on any atom is -0.379 e. The zero-order valence-corrected chi connectivity index (χ0v) is 14.2. The quantitative estimate of drug-likeness (QED) is 0.612. The van der Waals surface area contributed by atoms with Gasteiger partial charge in [0.05, 0.1) is 18.2 Å². The molecule has 1 aromatic carbocycles. The Bertz CT molecular complexity index is 1070. The summed E-state index contributed by atoms with van der Waals surface area (Å²) in [5.41, 5.74) is 2.89. The minimum absolute atomic E-state index is 0.313. The van der Waals surface area contributed by atoms with Gasteiger partial charge in [-0.2, -0.15) is 4.52 Å². The molecule has 130 valence electrons. The van der Waals surface area contributed by atoms with Gasteiger partial charge in [-0.25, -0.2) is 0 Å². The summed E-state index contributed by atoms with van der Waals surface area (Å²) < 4.78 is 7.22. The molecule has 4 heterocycles. The van der Waals surface area contributed by atoms with Gasteiger partial charge in [-0.1, -0.05) is 12.1 Å². The lowest BCUT2D eigenvalue weighted by Gasteiger charge is -2.11. The smallest absolute Gasteiger partial charge is 0.178 e. The lowest BCUT2D eigenvalue weighted by Crippen LogP contribution is -2.20. The summed E-state index contributed by atoms with van der Waals surface area (Å²) in [5, 5.41) is 17.8. The molecule has 1 fully saturated rings. The molecule has 0 saturated carbocycles. The number of ether oxygens (including phenoxy) is 1. The van der Waals surface area contributed by atoms with Gasteiger partial charge in [0.15, 0.2) is 11.5 Å². The van der Waals surface area contributed by atoms with Crippen molar-refractivity contribution in [3.05, 3.63) is 60.0 Å². The van der Waals surface area contributed by atoms with Crippen LogP contribution in [-0.2, 0) is 11.2 Å². The highest BCUT2D eigenvalue weighted by atomic mass is 16.5. The van der Waals surface area contributed by atoms with Crippen molar-refractivity contribution in [3.63, 3.8) is 0 Å². The fourth-order valence-corrected chi connectivity index (χ4v) is 3.30. The van der Waals surface area contributed by atoms with Crippen LogP contribution < -0.4 is 5.32 Å². The number of aromatic nitrogens is 5. The molecule has 0 aliphatic carbocycles. The molecular formula is C19H18N6O. The Morgan fingerprint density at radius 3 is 3.08 bits per heavy atom. The molecule has 1 saturated heterocycles. The van der Waals surface area contributed by atoms with Crippen molar-refractivity contribution >= 4 is 22.4 Å². The topological polar surface area (TPSA) is 77.2 Å². The van der Waals surface area contributed by atoms with Gasteiger partial charge >= 0.3 is 0 Å². The van der Waals surface area contributed by atoms with Gasteiger partial charge in [-0.3, -0.25) is 4.98 Å². The third-order valence-electron chi connectivity index (χ3n) is 4.64. The second-order valence-corrected chi connectivity index (χ2v) is 6.52. The van der Waals surface area contributed by atoms with Gasteiger partial charge in [0.1, 0.15) is 5.82 Å². The molecule has 7 heteroatoms. The van der Waals surface area contributed by atoms with Crippen LogP contribution in [0.25, 0.3) is 16.6 Å². The molecule has 3 aromatic heterocycles. The first-order valence-electron chi connectivity index (χ1n) is 8.74. The molecular weight excluding hydrogens is 328 g/mol. The molecule has 7 nitrogen and oxygen atoms in total. The first-order valence-corrected chi connectivity index (χ1v) is 8.74. The van der Waals surface area contributed by atoms with Crippen LogP contribution in [0.4, 0.5) is 5.82 Å². The zero-order chi connectivity index (χ0) is 17.3. The van der Waals surface area contributed by atoms with E-state index in [1.807, 2.05) is 35.0 Å². The van der Waals surface area contributed by atoms with Crippen LogP contribution >= 0.6 is 0 Å². The molecule has 1 aliphatic heterocycles. The van der Waals surface area contributed by atoms with Crippen LogP contribution in [0.15, 0.2) is 48.7 Å². The van der Waals surface area contributed by atoms with Gasteiger partial charge in [-0.15, -0.1) is 15.3 Å². The van der Waals surface area contributed by atoms with Gasteiger partial charge in [0.25, 0.3) is 0 Å². The number of rotatable bonds is 4. The molecule has 4 aromatic rings. The van der Waals surface area contributed by atoms with Gasteiger partial charge in [-0.05, 0) is 42.3 Å². The van der Waals surface area contributed by atoms with Crippen LogP contribution in [0.1, 0.15) is 17.8 Å². The predicted octanol–water partition coefficient (Wildman–Crippen LogP) is 2.46. The van der Waals surface area contributed by atoms with E-state index in [2.05, 4.69) is 43.8 Å². The Morgan fingerprint density at radius 1 is 1.15 bits per heavy atom. The second-order valence-electron chi connectivity index (χ2n) is 6.52. The molecule has 1 N–H and O–H groups in total. The maximum absolute atomic E-state index is 5.41. The lowest BCUT2D eigenvalue weighted by molar-refractivity contribution is 0.195. The van der Waals surface area contributed by atoms with Crippen LogP contribution in [0.2, 0.25) is 0 Å². The second kappa shape index (κ2) is 6.34. The summed E-state index contributed by atoms with van der Waals surface area (Å²) in [4.78, 5) is 4.37. The van der Waals surface area contributed by atoms with Crippen LogP contribution in [-0.4, -0.2) is 44.1 Å². The summed E-state index contributed by atoms with van der Waals surface area (Å²) in [5.74, 6) is 1.63. The fraction of sp³-hybridized carbons (Fsp3) is 0.263. The number of nitrogens with one attached hydrogen (secondary N) is 1. The third kappa shape index (κ3) is 2.86. The number of fused-ring (bicyclic) bond motifs is 2. The Hall–Kier alpha value is -3.06. The molecule has 0 spiro atoms. The largest absolute Gasteiger partial charge is 0.379 e. The number of anilines is 1. The van der Waals surface area contributed by atoms with Gasteiger partial charge in [0.2, 0.25) is 0 Å². The van der Waals surface area contributed by atoms with Crippen LogP contribution in [0.5, 0.6) is 0 Å². The Balaban J connectivity index is 1.45. The van der Waals surface area contributed by atoms with Crippen molar-refractivity contribution in [2.24, 2.45) is 0 Å². The SMILES string of the molecule is c1cnc2ccc(Cc3nnc4ccc(NC5CCOC5)nn34)cc2c1. The summed E-state index contributed by atoms with van der Waals surface area (Å²) in [7, 11) is 0. The highest BCUT2D eigenvalue weighted by Gasteiger charge is 2.16. The zero-order valence-electron chi connectivity index (χ0n) is 14.2. The maximum Gasteiger partial charge on any atom is 0.178 e. The minimum atomic E-state index is 0.313. The van der Waals surface area contributed by atoms with Crippen molar-refractivity contribution in [2.75, 3.05) is 18.5 Å². The number of nitrogens with zero attached hydrogens (tertiary/aromatic N) is 5. The van der Waals surface area contributed by atoms with E-state index in [1.54, 1.807) is 0 Å². The summed E-state index contributed by atoms with van der Waals surface area (Å²) >= 11 is 0. The van der Waals surface area contributed by atoms with E-state index in [9.17, 15) is 0 Å². The number of benzene rings is 1. The Morgan fingerprint density at radius 2 is 2.15 bits per heavy atom. The van der Waals surface area contributed by atoms with Gasteiger partial charge < -0.3 is 10.1 Å².